The SMILES string of the molecule is C#CC(O)/C=C/CCCCCCC#CC(O)C#C/C=C/CC/C=C\CCCC/C=C\CCCCCCCCCCCCCC/C=C\C#CC(=O)O. The number of rotatable bonds is 30. The molecule has 2 atom stereocenters. The number of hydrogen-bond acceptors (Lipinski definition) is 3. The van der Waals surface area contributed by atoms with Crippen LogP contribution in [-0.4, -0.2) is 33.5 Å². The molecule has 0 fully saturated rings. The second kappa shape index (κ2) is 40.8. The summed E-state index contributed by atoms with van der Waals surface area (Å²) >= 11 is 0. The lowest BCUT2D eigenvalue weighted by atomic mass is 10.0. The Hall–Kier alpha value is -3.67. The molecule has 0 amide bonds. The van der Waals surface area contributed by atoms with E-state index in [9.17, 15) is 15.0 Å². The van der Waals surface area contributed by atoms with Gasteiger partial charge in [-0.15, -0.1) is 6.42 Å². The molecule has 3 N–H and O–H groups in total. The second-order valence-electron chi connectivity index (χ2n) is 13.0. The molecule has 0 saturated heterocycles. The molecule has 4 heteroatoms. The number of hydrogen-bond donors (Lipinski definition) is 3. The number of aliphatic carboxylic acids is 1. The topological polar surface area (TPSA) is 77.8 Å². The molecule has 0 aliphatic rings. The molecule has 0 aliphatic heterocycles. The predicted molar refractivity (Wildman–Crippen MR) is 218 cm³/mol. The van der Waals surface area contributed by atoms with Crippen LogP contribution in [0, 0.1) is 47.9 Å². The zero-order valence-electron chi connectivity index (χ0n) is 31.6. The van der Waals surface area contributed by atoms with E-state index in [0.717, 1.165) is 70.6 Å². The van der Waals surface area contributed by atoms with Gasteiger partial charge in [0, 0.05) is 12.3 Å². The van der Waals surface area contributed by atoms with E-state index in [2.05, 4.69) is 65.7 Å². The number of carbonyl (C=O) groups is 1. The highest BCUT2D eigenvalue weighted by molar-refractivity contribution is 5.86. The van der Waals surface area contributed by atoms with Crippen LogP contribution in [0.3, 0.4) is 0 Å². The number of terminal acetylenes is 1. The van der Waals surface area contributed by atoms with Crippen LogP contribution in [-0.2, 0) is 4.79 Å². The molecule has 0 bridgehead atoms. The number of aliphatic hydroxyl groups is 2. The molecule has 0 aromatic carbocycles. The summed E-state index contributed by atoms with van der Waals surface area (Å²) in [5.74, 6) is 17.3. The highest BCUT2D eigenvalue weighted by Crippen LogP contribution is 2.13. The quantitative estimate of drug-likeness (QED) is 0.0397. The van der Waals surface area contributed by atoms with Crippen LogP contribution in [0.5, 0.6) is 0 Å². The van der Waals surface area contributed by atoms with Crippen LogP contribution < -0.4 is 0 Å². The first kappa shape index (κ1) is 47.3. The molecule has 0 rings (SSSR count). The van der Waals surface area contributed by atoms with Crippen LogP contribution in [0.15, 0.2) is 60.8 Å². The molecule has 0 aromatic heterocycles. The second-order valence-corrected chi connectivity index (χ2v) is 13.0. The maximum atomic E-state index is 10.3. The molecule has 0 spiro atoms. The smallest absolute Gasteiger partial charge is 0.382 e. The van der Waals surface area contributed by atoms with Crippen LogP contribution in [0.1, 0.15) is 167 Å². The standard InChI is InChI=1S/C47H68O4/c1-2-45(48)41-37-33-29-27-28-31-35-39-43-46(49)42-38-34-30-25-23-21-19-17-15-13-11-9-7-5-3-4-6-8-10-12-14-16-18-20-22-24-26-32-36-40-44-47(50)51/h1,7,9,19,21,30,32,34,36-37,41,45-46,48-49H,3-6,8,10-18,20,22-29,31,33,35H2,(H,50,51)/b9-7-,21-19-,34-30+,36-32-,41-37+. The fourth-order valence-corrected chi connectivity index (χ4v) is 5.31. The van der Waals surface area contributed by atoms with Gasteiger partial charge in [0.2, 0.25) is 0 Å². The van der Waals surface area contributed by atoms with E-state index in [4.69, 9.17) is 11.5 Å². The van der Waals surface area contributed by atoms with Gasteiger partial charge < -0.3 is 15.3 Å². The van der Waals surface area contributed by atoms with E-state index in [1.165, 1.54) is 96.3 Å². The first-order valence-corrected chi connectivity index (χ1v) is 19.9. The maximum Gasteiger partial charge on any atom is 0.382 e. The zero-order valence-corrected chi connectivity index (χ0v) is 31.6. The predicted octanol–water partition coefficient (Wildman–Crippen LogP) is 11.4. The van der Waals surface area contributed by atoms with Gasteiger partial charge in [0.1, 0.15) is 6.10 Å². The molecule has 0 radical (unpaired) electrons. The van der Waals surface area contributed by atoms with Gasteiger partial charge in [0.15, 0.2) is 6.10 Å². The van der Waals surface area contributed by atoms with Gasteiger partial charge >= 0.3 is 5.97 Å². The lowest BCUT2D eigenvalue weighted by Gasteiger charge is -2.02. The Kier molecular flexibility index (Phi) is 37.8. The van der Waals surface area contributed by atoms with E-state index >= 15 is 0 Å². The normalized spacial score (nSPS) is 12.5. The lowest BCUT2D eigenvalue weighted by Crippen LogP contribution is -1.97. The fraction of sp³-hybridized carbons (Fsp3) is 0.596. The largest absolute Gasteiger partial charge is 0.472 e. The Morgan fingerprint density at radius 1 is 0.510 bits per heavy atom. The molecule has 280 valence electrons. The fourth-order valence-electron chi connectivity index (χ4n) is 5.31. The lowest BCUT2D eigenvalue weighted by molar-refractivity contribution is -0.130. The third-order valence-electron chi connectivity index (χ3n) is 8.27. The van der Waals surface area contributed by atoms with Gasteiger partial charge in [-0.2, -0.15) is 0 Å². The zero-order chi connectivity index (χ0) is 37.1. The van der Waals surface area contributed by atoms with Crippen molar-refractivity contribution >= 4 is 5.97 Å². The minimum atomic E-state index is -1.07. The summed E-state index contributed by atoms with van der Waals surface area (Å²) in [7, 11) is 0. The van der Waals surface area contributed by atoms with Crippen molar-refractivity contribution in [1.82, 2.24) is 0 Å². The van der Waals surface area contributed by atoms with Crippen molar-refractivity contribution in [2.75, 3.05) is 0 Å². The molecule has 0 aromatic rings. The number of carboxylic acids is 1. The van der Waals surface area contributed by atoms with Gasteiger partial charge in [-0.05, 0) is 102 Å². The average Bonchev–Trinajstić information content (AvgIpc) is 3.12. The summed E-state index contributed by atoms with van der Waals surface area (Å²) in [4.78, 5) is 10.3. The van der Waals surface area contributed by atoms with Crippen molar-refractivity contribution < 1.29 is 20.1 Å². The number of allylic oxidation sites excluding steroid dienone is 9. The van der Waals surface area contributed by atoms with E-state index in [1.807, 2.05) is 24.3 Å². The van der Waals surface area contributed by atoms with Crippen LogP contribution in [0.25, 0.3) is 0 Å². The van der Waals surface area contributed by atoms with Crippen LogP contribution in [0.4, 0.5) is 0 Å². The van der Waals surface area contributed by atoms with Gasteiger partial charge in [0.05, 0.1) is 0 Å². The highest BCUT2D eigenvalue weighted by atomic mass is 16.4. The summed E-state index contributed by atoms with van der Waals surface area (Å²) in [6.45, 7) is 0. The van der Waals surface area contributed by atoms with E-state index in [-0.39, 0.29) is 0 Å². The Morgan fingerprint density at radius 3 is 1.47 bits per heavy atom. The highest BCUT2D eigenvalue weighted by Gasteiger charge is 1.95. The van der Waals surface area contributed by atoms with Crippen LogP contribution in [0.2, 0.25) is 0 Å². The van der Waals surface area contributed by atoms with Gasteiger partial charge in [-0.3, -0.25) is 0 Å². The van der Waals surface area contributed by atoms with E-state index in [1.54, 1.807) is 12.2 Å². The van der Waals surface area contributed by atoms with Crippen molar-refractivity contribution in [2.24, 2.45) is 0 Å². The van der Waals surface area contributed by atoms with Gasteiger partial charge in [-0.25, -0.2) is 4.79 Å². The van der Waals surface area contributed by atoms with Crippen molar-refractivity contribution in [3.05, 3.63) is 60.8 Å². The van der Waals surface area contributed by atoms with Gasteiger partial charge in [-0.1, -0.05) is 155 Å². The molecule has 0 heterocycles. The average molecular weight is 697 g/mol. The molecular formula is C47H68O4. The van der Waals surface area contributed by atoms with Crippen molar-refractivity contribution in [2.45, 2.75) is 179 Å². The summed E-state index contributed by atoms with van der Waals surface area (Å²) in [6, 6.07) is 0. The van der Waals surface area contributed by atoms with E-state index < -0.39 is 18.2 Å². The number of aliphatic hydroxyl groups excluding tert-OH is 2. The molecule has 4 nitrogen and oxygen atoms in total. The van der Waals surface area contributed by atoms with Crippen molar-refractivity contribution in [1.29, 1.82) is 0 Å². The monoisotopic (exact) mass is 697 g/mol. The Morgan fingerprint density at radius 2 is 0.922 bits per heavy atom. The summed E-state index contributed by atoms with van der Waals surface area (Å²) in [5.41, 5.74) is 0. The molecule has 0 saturated carbocycles. The summed E-state index contributed by atoms with van der Waals surface area (Å²) in [5, 5.41) is 27.6. The first-order chi connectivity index (χ1) is 25.1. The Labute approximate surface area is 313 Å². The third-order valence-corrected chi connectivity index (χ3v) is 8.27. The minimum Gasteiger partial charge on any atom is -0.472 e. The molecule has 2 unspecified atom stereocenters. The number of carboxylic acid groups (broad SMARTS) is 1. The Bertz CT molecular complexity index is 1210. The van der Waals surface area contributed by atoms with Crippen LogP contribution >= 0.6 is 0 Å². The van der Waals surface area contributed by atoms with E-state index in [0.29, 0.717) is 0 Å². The van der Waals surface area contributed by atoms with Crippen molar-refractivity contribution in [3.8, 4) is 47.9 Å². The Balaban J connectivity index is 3.47. The van der Waals surface area contributed by atoms with Gasteiger partial charge in [0.25, 0.3) is 0 Å². The number of unbranched alkanes of at least 4 members (excludes halogenated alkanes) is 22. The maximum absolute atomic E-state index is 10.3. The molecular weight excluding hydrogens is 629 g/mol. The van der Waals surface area contributed by atoms with Crippen molar-refractivity contribution in [3.63, 3.8) is 0 Å². The molecule has 51 heavy (non-hydrogen) atoms. The minimum absolute atomic E-state index is 0.771. The molecule has 0 aliphatic carbocycles. The summed E-state index contributed by atoms with van der Waals surface area (Å²) < 4.78 is 0. The first-order valence-electron chi connectivity index (χ1n) is 19.9. The summed E-state index contributed by atoms with van der Waals surface area (Å²) in [6.07, 6.45) is 54.7. The third kappa shape index (κ3) is 42.4.